The minimum absolute atomic E-state index is 0.0554. The number of carbonyl (C=O) groups is 1. The number of hydrogen-bond donors (Lipinski definition) is 1. The molecule has 0 unspecified atom stereocenters. The third-order valence-corrected chi connectivity index (χ3v) is 3.81. The van der Waals surface area contributed by atoms with E-state index in [9.17, 15) is 4.79 Å². The number of aliphatic carboxylic acids is 1. The standard InChI is InChI=1S/C18H18O4/c19-18(20)14-10-17(11-14)21-12-13-5-4-8-16(9-13)22-15-6-2-1-3-7-15/h1-9,14,17H,10-12H2,(H,19,20)/t14-,17+. The second-order valence-electron chi connectivity index (χ2n) is 5.50. The molecule has 0 spiro atoms. The van der Waals surface area contributed by atoms with E-state index in [0.29, 0.717) is 19.4 Å². The highest BCUT2D eigenvalue weighted by atomic mass is 16.5. The largest absolute Gasteiger partial charge is 0.481 e. The van der Waals surface area contributed by atoms with Gasteiger partial charge in [-0.2, -0.15) is 0 Å². The summed E-state index contributed by atoms with van der Waals surface area (Å²) in [6, 6.07) is 17.4. The second-order valence-corrected chi connectivity index (χ2v) is 5.50. The summed E-state index contributed by atoms with van der Waals surface area (Å²) in [5.74, 6) is 0.601. The molecule has 0 atom stereocenters. The minimum Gasteiger partial charge on any atom is -0.481 e. The van der Waals surface area contributed by atoms with E-state index in [-0.39, 0.29) is 12.0 Å². The Kier molecular flexibility index (Phi) is 4.39. The highest BCUT2D eigenvalue weighted by Crippen LogP contribution is 2.31. The fraction of sp³-hybridized carbons (Fsp3) is 0.278. The van der Waals surface area contributed by atoms with Crippen LogP contribution in [0.3, 0.4) is 0 Å². The Morgan fingerprint density at radius 1 is 1.05 bits per heavy atom. The number of hydrogen-bond acceptors (Lipinski definition) is 3. The summed E-state index contributed by atoms with van der Waals surface area (Å²) >= 11 is 0. The van der Waals surface area contributed by atoms with Crippen molar-refractivity contribution in [1.29, 1.82) is 0 Å². The van der Waals surface area contributed by atoms with Crippen LogP contribution < -0.4 is 4.74 Å². The van der Waals surface area contributed by atoms with Crippen molar-refractivity contribution in [3.05, 3.63) is 60.2 Å². The molecule has 0 heterocycles. The first-order valence-corrected chi connectivity index (χ1v) is 7.37. The molecular formula is C18H18O4. The van der Waals surface area contributed by atoms with Crippen molar-refractivity contribution < 1.29 is 19.4 Å². The molecule has 2 aromatic carbocycles. The van der Waals surface area contributed by atoms with Gasteiger partial charge in [-0.15, -0.1) is 0 Å². The average Bonchev–Trinajstić information content (AvgIpc) is 2.47. The molecule has 1 aliphatic rings. The molecule has 1 aliphatic carbocycles. The van der Waals surface area contributed by atoms with E-state index in [1.54, 1.807) is 0 Å². The van der Waals surface area contributed by atoms with Crippen molar-refractivity contribution >= 4 is 5.97 Å². The van der Waals surface area contributed by atoms with Gasteiger partial charge in [0.15, 0.2) is 0 Å². The monoisotopic (exact) mass is 298 g/mol. The summed E-state index contributed by atoms with van der Waals surface area (Å²) in [6.07, 6.45) is 1.27. The molecule has 4 heteroatoms. The van der Waals surface area contributed by atoms with Crippen LogP contribution in [-0.4, -0.2) is 17.2 Å². The lowest BCUT2D eigenvalue weighted by atomic mass is 9.82. The van der Waals surface area contributed by atoms with E-state index in [1.807, 2.05) is 54.6 Å². The predicted octanol–water partition coefficient (Wildman–Crippen LogP) is 3.86. The molecule has 1 N–H and O–H groups in total. The zero-order chi connectivity index (χ0) is 15.4. The first-order valence-electron chi connectivity index (χ1n) is 7.37. The Morgan fingerprint density at radius 2 is 1.77 bits per heavy atom. The Bertz CT molecular complexity index is 633. The van der Waals surface area contributed by atoms with E-state index in [4.69, 9.17) is 14.6 Å². The van der Waals surface area contributed by atoms with E-state index < -0.39 is 5.97 Å². The lowest BCUT2D eigenvalue weighted by molar-refractivity contribution is -0.151. The first-order chi connectivity index (χ1) is 10.7. The SMILES string of the molecule is O=C(O)[C@H]1C[C@@H](OCc2cccc(Oc3ccccc3)c2)C1. The summed E-state index contributed by atoms with van der Waals surface area (Å²) in [4.78, 5) is 10.7. The van der Waals surface area contributed by atoms with Crippen LogP contribution in [-0.2, 0) is 16.1 Å². The van der Waals surface area contributed by atoms with Gasteiger partial charge in [-0.05, 0) is 42.7 Å². The molecule has 0 radical (unpaired) electrons. The highest BCUT2D eigenvalue weighted by Gasteiger charge is 2.34. The van der Waals surface area contributed by atoms with Crippen molar-refractivity contribution in [3.8, 4) is 11.5 Å². The van der Waals surface area contributed by atoms with Gasteiger partial charge in [-0.1, -0.05) is 30.3 Å². The van der Waals surface area contributed by atoms with E-state index >= 15 is 0 Å². The maximum atomic E-state index is 10.7. The van der Waals surface area contributed by atoms with Crippen LogP contribution in [0.15, 0.2) is 54.6 Å². The number of carboxylic acids is 1. The Morgan fingerprint density at radius 3 is 2.50 bits per heavy atom. The third kappa shape index (κ3) is 3.65. The van der Waals surface area contributed by atoms with Gasteiger partial charge in [0.1, 0.15) is 11.5 Å². The van der Waals surface area contributed by atoms with Gasteiger partial charge in [0.2, 0.25) is 0 Å². The van der Waals surface area contributed by atoms with Crippen LogP contribution in [0.1, 0.15) is 18.4 Å². The summed E-state index contributed by atoms with van der Waals surface area (Å²) in [6.45, 7) is 0.475. The number of ether oxygens (including phenoxy) is 2. The summed E-state index contributed by atoms with van der Waals surface area (Å²) in [5, 5.41) is 8.84. The van der Waals surface area contributed by atoms with Crippen LogP contribution >= 0.6 is 0 Å². The summed E-state index contributed by atoms with van der Waals surface area (Å²) in [5.41, 5.74) is 1.02. The van der Waals surface area contributed by atoms with Crippen molar-refractivity contribution in [2.75, 3.05) is 0 Å². The summed E-state index contributed by atoms with van der Waals surface area (Å²) < 4.78 is 11.5. The van der Waals surface area contributed by atoms with Crippen LogP contribution in [0.4, 0.5) is 0 Å². The fourth-order valence-corrected chi connectivity index (χ4v) is 2.44. The molecule has 22 heavy (non-hydrogen) atoms. The van der Waals surface area contributed by atoms with Gasteiger partial charge >= 0.3 is 5.97 Å². The normalized spacial score (nSPS) is 20.2. The van der Waals surface area contributed by atoms with Gasteiger partial charge in [0.25, 0.3) is 0 Å². The Hall–Kier alpha value is -2.33. The number of benzene rings is 2. The van der Waals surface area contributed by atoms with Gasteiger partial charge in [0, 0.05) is 0 Å². The zero-order valence-electron chi connectivity index (χ0n) is 12.1. The maximum Gasteiger partial charge on any atom is 0.306 e. The number of para-hydroxylation sites is 1. The third-order valence-electron chi connectivity index (χ3n) is 3.81. The molecule has 0 amide bonds. The van der Waals surface area contributed by atoms with Crippen molar-refractivity contribution in [2.45, 2.75) is 25.6 Å². The maximum absolute atomic E-state index is 10.7. The molecule has 0 bridgehead atoms. The van der Waals surface area contributed by atoms with E-state index in [0.717, 1.165) is 17.1 Å². The molecule has 114 valence electrons. The fourth-order valence-electron chi connectivity index (χ4n) is 2.44. The molecule has 4 nitrogen and oxygen atoms in total. The predicted molar refractivity (Wildman–Crippen MR) is 81.9 cm³/mol. The van der Waals surface area contributed by atoms with E-state index in [2.05, 4.69) is 0 Å². The van der Waals surface area contributed by atoms with Crippen molar-refractivity contribution in [2.24, 2.45) is 5.92 Å². The minimum atomic E-state index is -0.724. The molecule has 3 rings (SSSR count). The molecule has 0 aromatic heterocycles. The van der Waals surface area contributed by atoms with Crippen LogP contribution in [0, 0.1) is 5.92 Å². The van der Waals surface area contributed by atoms with Crippen LogP contribution in [0.5, 0.6) is 11.5 Å². The van der Waals surface area contributed by atoms with Crippen LogP contribution in [0.25, 0.3) is 0 Å². The number of rotatable bonds is 6. The molecule has 1 saturated carbocycles. The number of carboxylic acid groups (broad SMARTS) is 1. The second kappa shape index (κ2) is 6.62. The first kappa shape index (κ1) is 14.6. The highest BCUT2D eigenvalue weighted by molar-refractivity contribution is 5.71. The van der Waals surface area contributed by atoms with Crippen molar-refractivity contribution in [1.82, 2.24) is 0 Å². The Balaban J connectivity index is 1.52. The molecule has 0 aliphatic heterocycles. The Labute approximate surface area is 129 Å². The molecule has 0 saturated heterocycles. The lowest BCUT2D eigenvalue weighted by Gasteiger charge is -2.32. The average molecular weight is 298 g/mol. The van der Waals surface area contributed by atoms with Crippen LogP contribution in [0.2, 0.25) is 0 Å². The quantitative estimate of drug-likeness (QED) is 0.880. The van der Waals surface area contributed by atoms with Gasteiger partial charge in [-0.3, -0.25) is 4.79 Å². The van der Waals surface area contributed by atoms with E-state index in [1.165, 1.54) is 0 Å². The molecular weight excluding hydrogens is 280 g/mol. The van der Waals surface area contributed by atoms with Gasteiger partial charge in [0.05, 0.1) is 18.6 Å². The molecule has 1 fully saturated rings. The topological polar surface area (TPSA) is 55.8 Å². The zero-order valence-corrected chi connectivity index (χ0v) is 12.1. The van der Waals surface area contributed by atoms with Gasteiger partial charge in [-0.25, -0.2) is 0 Å². The lowest BCUT2D eigenvalue weighted by Crippen LogP contribution is -2.36. The van der Waals surface area contributed by atoms with Crippen molar-refractivity contribution in [3.63, 3.8) is 0 Å². The summed E-state index contributed by atoms with van der Waals surface area (Å²) in [7, 11) is 0. The smallest absolute Gasteiger partial charge is 0.306 e. The van der Waals surface area contributed by atoms with Gasteiger partial charge < -0.3 is 14.6 Å². The molecule has 2 aromatic rings.